The standard InChI is InChI=1S/C20H34N2S/c1-2-22(18-19-10-5-3-6-11-19)16-15-21-14-9-17-23-20-12-7-4-8-13-20/h4,7-8,12-13,19,21H,2-3,5-6,9-11,14-18H2,1H3. The van der Waals surface area contributed by atoms with Crippen molar-refractivity contribution in [1.29, 1.82) is 0 Å². The number of nitrogens with zero attached hydrogens (tertiary/aromatic N) is 1. The zero-order chi connectivity index (χ0) is 16.2. The Kier molecular flexibility index (Phi) is 9.77. The summed E-state index contributed by atoms with van der Waals surface area (Å²) < 4.78 is 0. The van der Waals surface area contributed by atoms with Gasteiger partial charge in [-0.3, -0.25) is 0 Å². The third-order valence-electron chi connectivity index (χ3n) is 4.80. The van der Waals surface area contributed by atoms with Crippen LogP contribution in [-0.4, -0.2) is 43.4 Å². The van der Waals surface area contributed by atoms with Crippen LogP contribution in [0.2, 0.25) is 0 Å². The largest absolute Gasteiger partial charge is 0.315 e. The van der Waals surface area contributed by atoms with Crippen LogP contribution in [0, 0.1) is 5.92 Å². The van der Waals surface area contributed by atoms with Gasteiger partial charge in [-0.15, -0.1) is 11.8 Å². The molecule has 0 saturated heterocycles. The van der Waals surface area contributed by atoms with Gasteiger partial charge in [0.2, 0.25) is 0 Å². The number of hydrogen-bond donors (Lipinski definition) is 1. The van der Waals surface area contributed by atoms with Gasteiger partial charge in [-0.2, -0.15) is 0 Å². The lowest BCUT2D eigenvalue weighted by atomic mass is 9.89. The highest BCUT2D eigenvalue weighted by molar-refractivity contribution is 7.99. The van der Waals surface area contributed by atoms with E-state index in [9.17, 15) is 0 Å². The first-order valence-corrected chi connectivity index (χ1v) is 10.5. The molecule has 0 amide bonds. The van der Waals surface area contributed by atoms with Gasteiger partial charge < -0.3 is 10.2 Å². The molecule has 2 nitrogen and oxygen atoms in total. The van der Waals surface area contributed by atoms with Crippen LogP contribution >= 0.6 is 11.8 Å². The fraction of sp³-hybridized carbons (Fsp3) is 0.700. The molecule has 1 saturated carbocycles. The molecular formula is C20H34N2S. The second-order valence-electron chi connectivity index (χ2n) is 6.66. The normalized spacial score (nSPS) is 16.1. The van der Waals surface area contributed by atoms with E-state index in [1.165, 1.54) is 68.8 Å². The zero-order valence-electron chi connectivity index (χ0n) is 14.8. The Labute approximate surface area is 147 Å². The Morgan fingerprint density at radius 3 is 2.61 bits per heavy atom. The maximum absolute atomic E-state index is 3.62. The lowest BCUT2D eigenvalue weighted by Crippen LogP contribution is -2.36. The zero-order valence-corrected chi connectivity index (χ0v) is 15.6. The number of benzene rings is 1. The van der Waals surface area contributed by atoms with Gasteiger partial charge >= 0.3 is 0 Å². The molecule has 0 bridgehead atoms. The summed E-state index contributed by atoms with van der Waals surface area (Å²) >= 11 is 1.96. The lowest BCUT2D eigenvalue weighted by molar-refractivity contribution is 0.209. The molecule has 2 rings (SSSR count). The molecule has 1 fully saturated rings. The van der Waals surface area contributed by atoms with Crippen LogP contribution in [-0.2, 0) is 0 Å². The highest BCUT2D eigenvalue weighted by atomic mass is 32.2. The molecule has 0 aliphatic heterocycles. The second kappa shape index (κ2) is 11.9. The van der Waals surface area contributed by atoms with Gasteiger partial charge in [-0.05, 0) is 56.2 Å². The Bertz CT molecular complexity index is 390. The van der Waals surface area contributed by atoms with Crippen molar-refractivity contribution < 1.29 is 0 Å². The summed E-state index contributed by atoms with van der Waals surface area (Å²) in [5.41, 5.74) is 0. The average Bonchev–Trinajstić information content (AvgIpc) is 2.61. The van der Waals surface area contributed by atoms with Crippen LogP contribution in [0.25, 0.3) is 0 Å². The van der Waals surface area contributed by atoms with E-state index < -0.39 is 0 Å². The van der Waals surface area contributed by atoms with Crippen LogP contribution in [0.5, 0.6) is 0 Å². The maximum atomic E-state index is 3.62. The van der Waals surface area contributed by atoms with Crippen LogP contribution in [0.1, 0.15) is 45.4 Å². The van der Waals surface area contributed by atoms with Gasteiger partial charge in [0.05, 0.1) is 0 Å². The molecule has 1 aromatic rings. The SMILES string of the molecule is CCN(CCNCCCSc1ccccc1)CC1CCCCC1. The van der Waals surface area contributed by atoms with Crippen molar-refractivity contribution in [2.75, 3.05) is 38.5 Å². The average molecular weight is 335 g/mol. The van der Waals surface area contributed by atoms with Crippen molar-refractivity contribution in [3.8, 4) is 0 Å². The summed E-state index contributed by atoms with van der Waals surface area (Å²) in [5.74, 6) is 2.17. The van der Waals surface area contributed by atoms with E-state index >= 15 is 0 Å². The van der Waals surface area contributed by atoms with E-state index in [1.54, 1.807) is 0 Å². The molecule has 0 heterocycles. The van der Waals surface area contributed by atoms with E-state index in [0.29, 0.717) is 0 Å². The van der Waals surface area contributed by atoms with Crippen LogP contribution < -0.4 is 5.32 Å². The first-order chi connectivity index (χ1) is 11.4. The van der Waals surface area contributed by atoms with Crippen molar-refractivity contribution in [3.05, 3.63) is 30.3 Å². The third kappa shape index (κ3) is 8.23. The molecule has 1 aromatic carbocycles. The van der Waals surface area contributed by atoms with Gasteiger partial charge in [0.1, 0.15) is 0 Å². The summed E-state index contributed by atoms with van der Waals surface area (Å²) in [7, 11) is 0. The molecule has 23 heavy (non-hydrogen) atoms. The van der Waals surface area contributed by atoms with Crippen molar-refractivity contribution in [1.82, 2.24) is 10.2 Å². The Morgan fingerprint density at radius 2 is 1.87 bits per heavy atom. The number of rotatable bonds is 11. The summed E-state index contributed by atoms with van der Waals surface area (Å²) in [6.45, 7) is 8.31. The fourth-order valence-electron chi connectivity index (χ4n) is 3.38. The molecule has 1 aliphatic carbocycles. The molecule has 0 aromatic heterocycles. The molecule has 3 heteroatoms. The minimum atomic E-state index is 0.964. The van der Waals surface area contributed by atoms with Crippen LogP contribution in [0.15, 0.2) is 35.2 Å². The predicted octanol–water partition coefficient (Wildman–Crippen LogP) is 4.66. The van der Waals surface area contributed by atoms with Crippen molar-refractivity contribution >= 4 is 11.8 Å². The minimum absolute atomic E-state index is 0.964. The van der Waals surface area contributed by atoms with Gasteiger partial charge in [0, 0.05) is 24.5 Å². The van der Waals surface area contributed by atoms with E-state index in [-0.39, 0.29) is 0 Å². The van der Waals surface area contributed by atoms with E-state index in [2.05, 4.69) is 47.5 Å². The van der Waals surface area contributed by atoms with E-state index in [1.807, 2.05) is 11.8 Å². The summed E-state index contributed by atoms with van der Waals surface area (Å²) in [6, 6.07) is 10.7. The Balaban J connectivity index is 1.47. The molecule has 0 radical (unpaired) electrons. The highest BCUT2D eigenvalue weighted by Gasteiger charge is 2.15. The first kappa shape index (κ1) is 18.8. The molecule has 130 valence electrons. The number of thioether (sulfide) groups is 1. The fourth-order valence-corrected chi connectivity index (χ4v) is 4.25. The molecule has 0 unspecified atom stereocenters. The molecule has 0 spiro atoms. The third-order valence-corrected chi connectivity index (χ3v) is 5.90. The van der Waals surface area contributed by atoms with Crippen molar-refractivity contribution in [2.24, 2.45) is 5.92 Å². The Morgan fingerprint density at radius 1 is 1.09 bits per heavy atom. The molecule has 0 atom stereocenters. The number of hydrogen-bond acceptors (Lipinski definition) is 3. The lowest BCUT2D eigenvalue weighted by Gasteiger charge is -2.29. The van der Waals surface area contributed by atoms with Gasteiger partial charge in [-0.1, -0.05) is 44.4 Å². The van der Waals surface area contributed by atoms with E-state index in [4.69, 9.17) is 0 Å². The van der Waals surface area contributed by atoms with Gasteiger partial charge in [0.25, 0.3) is 0 Å². The van der Waals surface area contributed by atoms with Crippen LogP contribution in [0.3, 0.4) is 0 Å². The topological polar surface area (TPSA) is 15.3 Å². The molecular weight excluding hydrogens is 300 g/mol. The van der Waals surface area contributed by atoms with Crippen molar-refractivity contribution in [3.63, 3.8) is 0 Å². The minimum Gasteiger partial charge on any atom is -0.315 e. The smallest absolute Gasteiger partial charge is 0.0107 e. The summed E-state index contributed by atoms with van der Waals surface area (Å²) in [6.07, 6.45) is 8.54. The second-order valence-corrected chi connectivity index (χ2v) is 7.83. The molecule has 1 N–H and O–H groups in total. The van der Waals surface area contributed by atoms with Crippen molar-refractivity contribution in [2.45, 2.75) is 50.3 Å². The van der Waals surface area contributed by atoms with E-state index in [0.717, 1.165) is 19.0 Å². The van der Waals surface area contributed by atoms with Crippen LogP contribution in [0.4, 0.5) is 0 Å². The summed E-state index contributed by atoms with van der Waals surface area (Å²) in [5, 5.41) is 3.62. The number of nitrogens with one attached hydrogen (secondary N) is 1. The van der Waals surface area contributed by atoms with Gasteiger partial charge in [-0.25, -0.2) is 0 Å². The predicted molar refractivity (Wildman–Crippen MR) is 103 cm³/mol. The molecule has 1 aliphatic rings. The first-order valence-electron chi connectivity index (χ1n) is 9.49. The monoisotopic (exact) mass is 334 g/mol. The van der Waals surface area contributed by atoms with Gasteiger partial charge in [0.15, 0.2) is 0 Å². The maximum Gasteiger partial charge on any atom is 0.0107 e. The quantitative estimate of drug-likeness (QED) is 0.468. The number of likely N-dealkylation sites (N-methyl/N-ethyl adjacent to an activating group) is 1. The summed E-state index contributed by atoms with van der Waals surface area (Å²) in [4.78, 5) is 4.03. The Hall–Kier alpha value is -0.510. The highest BCUT2D eigenvalue weighted by Crippen LogP contribution is 2.24.